The number of halogens is 1. The molecule has 68 valence electrons. The fourth-order valence-electron chi connectivity index (χ4n) is 1.95. The van der Waals surface area contributed by atoms with E-state index >= 15 is 0 Å². The summed E-state index contributed by atoms with van der Waals surface area (Å²) in [7, 11) is 0. The van der Waals surface area contributed by atoms with Gasteiger partial charge in [0.05, 0.1) is 0 Å². The van der Waals surface area contributed by atoms with Crippen molar-refractivity contribution >= 4 is 11.6 Å². The van der Waals surface area contributed by atoms with Crippen LogP contribution >= 0.6 is 11.6 Å². The highest BCUT2D eigenvalue weighted by Crippen LogP contribution is 2.42. The van der Waals surface area contributed by atoms with E-state index in [2.05, 4.69) is 44.2 Å². The van der Waals surface area contributed by atoms with Crippen LogP contribution in [0.25, 0.3) is 0 Å². The van der Waals surface area contributed by atoms with Crippen molar-refractivity contribution in [3.05, 3.63) is 46.6 Å². The van der Waals surface area contributed by atoms with Crippen LogP contribution in [0.1, 0.15) is 20.3 Å². The van der Waals surface area contributed by atoms with Gasteiger partial charge >= 0.3 is 0 Å². The maximum Gasteiger partial charge on any atom is 0.0369 e. The molecule has 0 aliphatic heterocycles. The van der Waals surface area contributed by atoms with Crippen LogP contribution < -0.4 is 0 Å². The third kappa shape index (κ3) is 1.51. The molecule has 13 heavy (non-hydrogen) atoms. The number of hydrogen-bond donors (Lipinski definition) is 0. The minimum atomic E-state index is 0.178. The number of rotatable bonds is 0. The van der Waals surface area contributed by atoms with Gasteiger partial charge in [-0.15, -0.1) is 0 Å². The molecule has 1 heteroatoms. The molecule has 0 radical (unpaired) electrons. The lowest BCUT2D eigenvalue weighted by Gasteiger charge is -2.32. The molecule has 0 saturated heterocycles. The summed E-state index contributed by atoms with van der Waals surface area (Å²) < 4.78 is 0. The second kappa shape index (κ2) is 2.88. The van der Waals surface area contributed by atoms with E-state index in [1.165, 1.54) is 11.1 Å². The van der Waals surface area contributed by atoms with Crippen LogP contribution in [0.3, 0.4) is 0 Å². The van der Waals surface area contributed by atoms with Crippen LogP contribution in [0.4, 0.5) is 0 Å². The van der Waals surface area contributed by atoms with E-state index in [9.17, 15) is 0 Å². The molecule has 0 saturated carbocycles. The van der Waals surface area contributed by atoms with Crippen LogP contribution in [0, 0.1) is 5.41 Å². The third-order valence-corrected chi connectivity index (χ3v) is 3.01. The van der Waals surface area contributed by atoms with Crippen LogP contribution in [-0.4, -0.2) is 0 Å². The summed E-state index contributed by atoms with van der Waals surface area (Å²) in [4.78, 5) is 0. The van der Waals surface area contributed by atoms with Gasteiger partial charge in [-0.1, -0.05) is 48.4 Å². The van der Waals surface area contributed by atoms with Crippen molar-refractivity contribution in [2.45, 2.75) is 20.3 Å². The zero-order valence-corrected chi connectivity index (χ0v) is 8.73. The molecular formula is C12H13Cl. The van der Waals surface area contributed by atoms with Gasteiger partial charge in [-0.2, -0.15) is 0 Å². The minimum Gasteiger partial charge on any atom is -0.0847 e. The molecule has 0 spiro atoms. The van der Waals surface area contributed by atoms with E-state index in [0.29, 0.717) is 0 Å². The molecule has 2 aliphatic rings. The molecule has 0 fully saturated rings. The van der Waals surface area contributed by atoms with Gasteiger partial charge in [0.1, 0.15) is 0 Å². The lowest BCUT2D eigenvalue weighted by atomic mass is 9.73. The molecule has 0 bridgehead atoms. The average Bonchev–Trinajstić information content (AvgIpc) is 2.06. The molecule has 0 amide bonds. The Morgan fingerprint density at radius 3 is 2.92 bits per heavy atom. The van der Waals surface area contributed by atoms with Crippen molar-refractivity contribution in [1.82, 2.24) is 0 Å². The molecule has 0 aromatic carbocycles. The van der Waals surface area contributed by atoms with E-state index < -0.39 is 0 Å². The molecule has 2 aliphatic carbocycles. The van der Waals surface area contributed by atoms with Gasteiger partial charge in [-0.05, 0) is 25.0 Å². The molecule has 1 unspecified atom stereocenters. The Morgan fingerprint density at radius 2 is 2.15 bits per heavy atom. The SMILES string of the molecule is CC1=CC2(C)CC=C(Cl)C=C2C=C1. The van der Waals surface area contributed by atoms with Crippen LogP contribution in [0.5, 0.6) is 0 Å². The smallest absolute Gasteiger partial charge is 0.0369 e. The van der Waals surface area contributed by atoms with Crippen molar-refractivity contribution in [1.29, 1.82) is 0 Å². The molecule has 2 rings (SSSR count). The van der Waals surface area contributed by atoms with Crippen molar-refractivity contribution in [2.75, 3.05) is 0 Å². The van der Waals surface area contributed by atoms with Gasteiger partial charge in [-0.25, -0.2) is 0 Å². The van der Waals surface area contributed by atoms with Crippen molar-refractivity contribution in [3.8, 4) is 0 Å². The van der Waals surface area contributed by atoms with Crippen molar-refractivity contribution in [3.63, 3.8) is 0 Å². The Bertz CT molecular complexity index is 355. The maximum atomic E-state index is 5.97. The molecule has 0 aromatic heterocycles. The van der Waals surface area contributed by atoms with Crippen LogP contribution in [0.2, 0.25) is 0 Å². The van der Waals surface area contributed by atoms with E-state index in [0.717, 1.165) is 11.5 Å². The van der Waals surface area contributed by atoms with E-state index in [4.69, 9.17) is 11.6 Å². The van der Waals surface area contributed by atoms with Crippen molar-refractivity contribution < 1.29 is 0 Å². The Morgan fingerprint density at radius 1 is 1.38 bits per heavy atom. The maximum absolute atomic E-state index is 5.97. The Balaban J connectivity index is 2.45. The van der Waals surface area contributed by atoms with Gasteiger partial charge in [0, 0.05) is 10.4 Å². The number of hydrogen-bond acceptors (Lipinski definition) is 0. The molecule has 0 nitrogen and oxygen atoms in total. The molecular weight excluding hydrogens is 180 g/mol. The highest BCUT2D eigenvalue weighted by atomic mass is 35.5. The average molecular weight is 193 g/mol. The van der Waals surface area contributed by atoms with Gasteiger partial charge in [0.2, 0.25) is 0 Å². The summed E-state index contributed by atoms with van der Waals surface area (Å²) in [5.74, 6) is 0. The first-order valence-electron chi connectivity index (χ1n) is 4.55. The summed E-state index contributed by atoms with van der Waals surface area (Å²) in [5.41, 5.74) is 2.84. The molecule has 0 aromatic rings. The van der Waals surface area contributed by atoms with E-state index in [-0.39, 0.29) is 5.41 Å². The normalized spacial score (nSPS) is 31.8. The zero-order valence-electron chi connectivity index (χ0n) is 7.97. The van der Waals surface area contributed by atoms with Crippen LogP contribution in [-0.2, 0) is 0 Å². The second-order valence-electron chi connectivity index (χ2n) is 4.03. The lowest BCUT2D eigenvalue weighted by molar-refractivity contribution is 0.522. The standard InChI is InChI=1S/C12H13Cl/c1-9-3-4-10-7-11(13)5-6-12(10,2)8-9/h3-5,7-8H,6H2,1-2H3. The fraction of sp³-hybridized carbons (Fsp3) is 0.333. The predicted octanol–water partition coefficient (Wildman–Crippen LogP) is 3.96. The monoisotopic (exact) mass is 192 g/mol. The summed E-state index contributed by atoms with van der Waals surface area (Å²) in [6, 6.07) is 0. The minimum absolute atomic E-state index is 0.178. The van der Waals surface area contributed by atoms with Gasteiger partial charge in [0.15, 0.2) is 0 Å². The Kier molecular flexibility index (Phi) is 1.96. The molecule has 0 heterocycles. The topological polar surface area (TPSA) is 0 Å². The van der Waals surface area contributed by atoms with E-state index in [1.54, 1.807) is 0 Å². The van der Waals surface area contributed by atoms with Gasteiger partial charge < -0.3 is 0 Å². The third-order valence-electron chi connectivity index (χ3n) is 2.75. The van der Waals surface area contributed by atoms with Crippen LogP contribution in [0.15, 0.2) is 46.6 Å². The Hall–Kier alpha value is -0.750. The second-order valence-corrected chi connectivity index (χ2v) is 4.47. The lowest BCUT2D eigenvalue weighted by Crippen LogP contribution is -2.19. The summed E-state index contributed by atoms with van der Waals surface area (Å²) >= 11 is 5.97. The first-order valence-corrected chi connectivity index (χ1v) is 4.93. The zero-order chi connectivity index (χ0) is 9.47. The van der Waals surface area contributed by atoms with Gasteiger partial charge in [-0.3, -0.25) is 0 Å². The summed E-state index contributed by atoms with van der Waals surface area (Å²) in [6.07, 6.45) is 11.8. The Labute approximate surface area is 84.3 Å². The van der Waals surface area contributed by atoms with Crippen molar-refractivity contribution in [2.24, 2.45) is 5.41 Å². The first kappa shape index (κ1) is 8.83. The molecule has 1 atom stereocenters. The molecule has 0 N–H and O–H groups in total. The summed E-state index contributed by atoms with van der Waals surface area (Å²) in [5, 5.41) is 0.866. The highest BCUT2D eigenvalue weighted by molar-refractivity contribution is 6.31. The fourth-order valence-corrected chi connectivity index (χ4v) is 2.15. The van der Waals surface area contributed by atoms with E-state index in [1.807, 2.05) is 0 Å². The number of allylic oxidation sites excluding steroid dienone is 8. The number of fused-ring (bicyclic) bond motifs is 1. The highest BCUT2D eigenvalue weighted by Gasteiger charge is 2.28. The largest absolute Gasteiger partial charge is 0.0847 e. The quantitative estimate of drug-likeness (QED) is 0.545. The van der Waals surface area contributed by atoms with Gasteiger partial charge in [0.25, 0.3) is 0 Å². The predicted molar refractivity (Wildman–Crippen MR) is 57.6 cm³/mol. The summed E-state index contributed by atoms with van der Waals surface area (Å²) in [6.45, 7) is 4.39. The first-order chi connectivity index (χ1) is 6.10.